The van der Waals surface area contributed by atoms with Crippen molar-refractivity contribution in [3.05, 3.63) is 0 Å². The SMILES string of the molecule is NCC1(CN2CCC(N3CCCCC3)CC2)CC1. The molecule has 2 N–H and O–H groups in total. The Hall–Kier alpha value is -0.120. The predicted octanol–water partition coefficient (Wildman–Crippen LogP) is 1.68. The number of piperidine rings is 2. The Kier molecular flexibility index (Phi) is 3.92. The molecule has 3 rings (SSSR count). The molecule has 3 nitrogen and oxygen atoms in total. The highest BCUT2D eigenvalue weighted by Crippen LogP contribution is 2.45. The molecule has 0 aromatic heterocycles. The number of likely N-dealkylation sites (tertiary alicyclic amines) is 2. The standard InChI is InChI=1S/C15H29N3/c16-12-15(6-7-15)13-17-10-4-14(5-11-17)18-8-2-1-3-9-18/h14H,1-13,16H2. The monoisotopic (exact) mass is 251 g/mol. The highest BCUT2D eigenvalue weighted by Gasteiger charge is 2.43. The summed E-state index contributed by atoms with van der Waals surface area (Å²) in [5.41, 5.74) is 6.42. The van der Waals surface area contributed by atoms with Crippen molar-refractivity contribution in [2.24, 2.45) is 11.1 Å². The molecule has 104 valence electrons. The third-order valence-corrected chi connectivity index (χ3v) is 5.41. The van der Waals surface area contributed by atoms with Crippen molar-refractivity contribution in [1.82, 2.24) is 9.80 Å². The molecular weight excluding hydrogens is 222 g/mol. The Labute approximate surface area is 112 Å². The Morgan fingerprint density at radius 3 is 2.17 bits per heavy atom. The van der Waals surface area contributed by atoms with E-state index < -0.39 is 0 Å². The molecule has 18 heavy (non-hydrogen) atoms. The van der Waals surface area contributed by atoms with E-state index in [2.05, 4.69) is 9.80 Å². The summed E-state index contributed by atoms with van der Waals surface area (Å²) in [4.78, 5) is 5.44. The average Bonchev–Trinajstić information content (AvgIpc) is 3.21. The van der Waals surface area contributed by atoms with Crippen LogP contribution in [0.4, 0.5) is 0 Å². The van der Waals surface area contributed by atoms with Gasteiger partial charge in [0.25, 0.3) is 0 Å². The molecule has 2 heterocycles. The topological polar surface area (TPSA) is 32.5 Å². The lowest BCUT2D eigenvalue weighted by atomic mass is 9.98. The van der Waals surface area contributed by atoms with Crippen molar-refractivity contribution < 1.29 is 0 Å². The first kappa shape index (κ1) is 12.9. The second-order valence-corrected chi connectivity index (χ2v) is 6.81. The molecule has 0 atom stereocenters. The molecular formula is C15H29N3. The van der Waals surface area contributed by atoms with Crippen molar-refractivity contribution in [3.8, 4) is 0 Å². The van der Waals surface area contributed by atoms with Gasteiger partial charge in [0, 0.05) is 12.6 Å². The second kappa shape index (κ2) is 5.48. The second-order valence-electron chi connectivity index (χ2n) is 6.81. The highest BCUT2D eigenvalue weighted by atomic mass is 15.2. The molecule has 1 saturated carbocycles. The smallest absolute Gasteiger partial charge is 0.0120 e. The summed E-state index contributed by atoms with van der Waals surface area (Å²) >= 11 is 0. The van der Waals surface area contributed by atoms with Crippen LogP contribution in [0.5, 0.6) is 0 Å². The van der Waals surface area contributed by atoms with Crippen LogP contribution in [-0.2, 0) is 0 Å². The lowest BCUT2D eigenvalue weighted by Crippen LogP contribution is -2.48. The van der Waals surface area contributed by atoms with Crippen LogP contribution in [-0.4, -0.2) is 55.1 Å². The van der Waals surface area contributed by atoms with Crippen LogP contribution in [0.1, 0.15) is 44.9 Å². The van der Waals surface area contributed by atoms with Crippen LogP contribution < -0.4 is 5.73 Å². The summed E-state index contributed by atoms with van der Waals surface area (Å²) < 4.78 is 0. The van der Waals surface area contributed by atoms with E-state index >= 15 is 0 Å². The maximum absolute atomic E-state index is 5.90. The molecule has 2 saturated heterocycles. The van der Waals surface area contributed by atoms with Crippen LogP contribution in [0.2, 0.25) is 0 Å². The lowest BCUT2D eigenvalue weighted by Gasteiger charge is -2.41. The summed E-state index contributed by atoms with van der Waals surface area (Å²) in [6, 6.07) is 0.884. The molecule has 0 bridgehead atoms. The van der Waals surface area contributed by atoms with Crippen LogP contribution in [0.3, 0.4) is 0 Å². The summed E-state index contributed by atoms with van der Waals surface area (Å²) in [6.45, 7) is 7.51. The van der Waals surface area contributed by atoms with E-state index in [1.807, 2.05) is 0 Å². The van der Waals surface area contributed by atoms with Gasteiger partial charge >= 0.3 is 0 Å². The summed E-state index contributed by atoms with van der Waals surface area (Å²) in [5.74, 6) is 0. The van der Waals surface area contributed by atoms with E-state index in [4.69, 9.17) is 5.73 Å². The van der Waals surface area contributed by atoms with E-state index in [1.165, 1.54) is 77.7 Å². The molecule has 3 fully saturated rings. The fourth-order valence-electron chi connectivity index (χ4n) is 3.80. The zero-order valence-corrected chi connectivity index (χ0v) is 11.7. The van der Waals surface area contributed by atoms with E-state index in [0.29, 0.717) is 5.41 Å². The number of hydrogen-bond acceptors (Lipinski definition) is 3. The summed E-state index contributed by atoms with van der Waals surface area (Å²) in [5, 5.41) is 0. The van der Waals surface area contributed by atoms with Crippen LogP contribution in [0.15, 0.2) is 0 Å². The van der Waals surface area contributed by atoms with Crippen molar-refractivity contribution in [2.75, 3.05) is 39.3 Å². The van der Waals surface area contributed by atoms with Gasteiger partial charge in [-0.25, -0.2) is 0 Å². The minimum absolute atomic E-state index is 0.526. The fourth-order valence-corrected chi connectivity index (χ4v) is 3.80. The molecule has 2 aliphatic heterocycles. The predicted molar refractivity (Wildman–Crippen MR) is 75.6 cm³/mol. The first-order chi connectivity index (χ1) is 8.81. The number of hydrogen-bond donors (Lipinski definition) is 1. The molecule has 0 unspecified atom stereocenters. The van der Waals surface area contributed by atoms with Gasteiger partial charge in [0.05, 0.1) is 0 Å². The van der Waals surface area contributed by atoms with Gasteiger partial charge in [-0.3, -0.25) is 0 Å². The van der Waals surface area contributed by atoms with Gasteiger partial charge < -0.3 is 15.5 Å². The molecule has 0 radical (unpaired) electrons. The third kappa shape index (κ3) is 2.89. The molecule has 0 aromatic rings. The Morgan fingerprint density at radius 1 is 0.944 bits per heavy atom. The minimum atomic E-state index is 0.526. The van der Waals surface area contributed by atoms with Crippen molar-refractivity contribution in [1.29, 1.82) is 0 Å². The molecule has 0 amide bonds. The largest absolute Gasteiger partial charge is 0.330 e. The Bertz CT molecular complexity index is 261. The van der Waals surface area contributed by atoms with Crippen molar-refractivity contribution >= 4 is 0 Å². The fraction of sp³-hybridized carbons (Fsp3) is 1.00. The quantitative estimate of drug-likeness (QED) is 0.825. The van der Waals surface area contributed by atoms with E-state index in [1.54, 1.807) is 0 Å². The number of nitrogens with zero attached hydrogens (tertiary/aromatic N) is 2. The van der Waals surface area contributed by atoms with Gasteiger partial charge in [0.1, 0.15) is 0 Å². The maximum atomic E-state index is 5.90. The van der Waals surface area contributed by atoms with Crippen LogP contribution in [0.25, 0.3) is 0 Å². The van der Waals surface area contributed by atoms with Gasteiger partial charge in [-0.2, -0.15) is 0 Å². The van der Waals surface area contributed by atoms with Crippen molar-refractivity contribution in [2.45, 2.75) is 51.0 Å². The van der Waals surface area contributed by atoms with Gasteiger partial charge in [-0.1, -0.05) is 6.42 Å². The first-order valence-corrected chi connectivity index (χ1v) is 7.98. The minimum Gasteiger partial charge on any atom is -0.330 e. The van der Waals surface area contributed by atoms with E-state index in [-0.39, 0.29) is 0 Å². The van der Waals surface area contributed by atoms with Gasteiger partial charge in [-0.05, 0) is 76.7 Å². The normalized spacial score (nSPS) is 30.5. The average molecular weight is 251 g/mol. The van der Waals surface area contributed by atoms with Gasteiger partial charge in [0.15, 0.2) is 0 Å². The third-order valence-electron chi connectivity index (χ3n) is 5.41. The first-order valence-electron chi connectivity index (χ1n) is 7.98. The van der Waals surface area contributed by atoms with Gasteiger partial charge in [-0.15, -0.1) is 0 Å². The number of nitrogens with two attached hydrogens (primary N) is 1. The van der Waals surface area contributed by atoms with Gasteiger partial charge in [0.2, 0.25) is 0 Å². The van der Waals surface area contributed by atoms with Crippen LogP contribution in [0, 0.1) is 5.41 Å². The molecule has 0 spiro atoms. The maximum Gasteiger partial charge on any atom is 0.0120 e. The Morgan fingerprint density at radius 2 is 1.61 bits per heavy atom. The Balaban J connectivity index is 1.43. The molecule has 1 aliphatic carbocycles. The van der Waals surface area contributed by atoms with Crippen molar-refractivity contribution in [3.63, 3.8) is 0 Å². The number of rotatable bonds is 4. The zero-order valence-electron chi connectivity index (χ0n) is 11.7. The zero-order chi connectivity index (χ0) is 12.4. The molecule has 3 aliphatic rings. The lowest BCUT2D eigenvalue weighted by molar-refractivity contribution is 0.0836. The summed E-state index contributed by atoms with van der Waals surface area (Å²) in [7, 11) is 0. The molecule has 0 aromatic carbocycles. The van der Waals surface area contributed by atoms with E-state index in [0.717, 1.165) is 12.6 Å². The van der Waals surface area contributed by atoms with E-state index in [9.17, 15) is 0 Å². The summed E-state index contributed by atoms with van der Waals surface area (Å²) in [6.07, 6.45) is 9.83. The van der Waals surface area contributed by atoms with Crippen LogP contribution >= 0.6 is 0 Å². The highest BCUT2D eigenvalue weighted by molar-refractivity contribution is 4.97. The molecule has 3 heteroatoms.